The molecule has 1 aliphatic heterocycles. The van der Waals surface area contributed by atoms with Crippen molar-refractivity contribution >= 4 is 11.9 Å². The van der Waals surface area contributed by atoms with Gasteiger partial charge in [-0.1, -0.05) is 301 Å². The molecule has 0 radical (unpaired) electrons. The van der Waals surface area contributed by atoms with Crippen molar-refractivity contribution in [1.29, 1.82) is 0 Å². The van der Waals surface area contributed by atoms with Gasteiger partial charge in [-0.3, -0.25) is 9.59 Å². The Bertz CT molecular complexity index is 2040. The molecule has 0 spiro atoms. The molecule has 11 heteroatoms. The highest BCUT2D eigenvalue weighted by atomic mass is 16.7. The summed E-state index contributed by atoms with van der Waals surface area (Å²) in [6.45, 7) is 5.56. The van der Waals surface area contributed by atoms with Crippen molar-refractivity contribution in [2.24, 2.45) is 0 Å². The van der Waals surface area contributed by atoms with Crippen molar-refractivity contribution in [2.75, 3.05) is 13.2 Å². The quantitative estimate of drug-likeness (QED) is 0.0195. The summed E-state index contributed by atoms with van der Waals surface area (Å²) in [5.74, 6) is -1.22. The Morgan fingerprint density at radius 1 is 0.440 bits per heavy atom. The molecule has 6 N–H and O–H groups in total. The Kier molecular flexibility index (Phi) is 60.9. The van der Waals surface area contributed by atoms with E-state index in [1.165, 1.54) is 77.0 Å². The number of carbonyl (C=O) groups excluding carboxylic acids is 2. The number of rotatable bonds is 61. The number of hydrogen-bond acceptors (Lipinski definition) is 10. The lowest BCUT2D eigenvalue weighted by Gasteiger charge is -2.41. The van der Waals surface area contributed by atoms with Gasteiger partial charge in [0.15, 0.2) is 12.4 Å². The van der Waals surface area contributed by atoms with Crippen molar-refractivity contribution in [3.8, 4) is 0 Å². The molecule has 1 aliphatic rings. The number of aliphatic hydroxyl groups excluding tert-OH is 5. The second-order valence-electron chi connectivity index (χ2n) is 24.6. The smallest absolute Gasteiger partial charge is 0.306 e. The highest BCUT2D eigenvalue weighted by molar-refractivity contribution is 5.80. The summed E-state index contributed by atoms with van der Waals surface area (Å²) in [6.07, 6.45) is 84.5. The van der Waals surface area contributed by atoms with Crippen LogP contribution in [0.5, 0.6) is 0 Å². The molecule has 11 nitrogen and oxygen atoms in total. The van der Waals surface area contributed by atoms with Gasteiger partial charge in [-0.25, -0.2) is 0 Å². The van der Waals surface area contributed by atoms with E-state index in [9.17, 15) is 35.1 Å². The third kappa shape index (κ3) is 52.6. The first-order chi connectivity index (χ1) is 44.7. The Balaban J connectivity index is 2.55. The zero-order valence-electron chi connectivity index (χ0n) is 57.7. The Morgan fingerprint density at radius 3 is 1.19 bits per heavy atom. The lowest BCUT2D eigenvalue weighted by Crippen LogP contribution is -2.61. The van der Waals surface area contributed by atoms with E-state index in [4.69, 9.17) is 14.2 Å². The minimum atomic E-state index is -1.63. The number of carbonyl (C=O) groups is 2. The topological polar surface area (TPSA) is 175 Å². The van der Waals surface area contributed by atoms with Crippen LogP contribution in [0.15, 0.2) is 146 Å². The highest BCUT2D eigenvalue weighted by Crippen LogP contribution is 2.26. The Morgan fingerprint density at radius 2 is 0.791 bits per heavy atom. The number of nitrogens with one attached hydrogen (secondary N) is 1. The molecular weight excluding hydrogens is 1130 g/mol. The molecule has 8 unspecified atom stereocenters. The number of allylic oxidation sites excluding steroid dienone is 23. The van der Waals surface area contributed by atoms with Crippen molar-refractivity contribution in [2.45, 2.75) is 333 Å². The predicted molar refractivity (Wildman–Crippen MR) is 384 cm³/mol. The van der Waals surface area contributed by atoms with Gasteiger partial charge in [0.2, 0.25) is 5.91 Å². The van der Waals surface area contributed by atoms with Crippen LogP contribution in [0.25, 0.3) is 0 Å². The van der Waals surface area contributed by atoms with E-state index >= 15 is 0 Å². The zero-order valence-corrected chi connectivity index (χ0v) is 57.7. The van der Waals surface area contributed by atoms with Crippen LogP contribution in [-0.2, 0) is 23.8 Å². The van der Waals surface area contributed by atoms with E-state index in [1.54, 1.807) is 6.08 Å². The van der Waals surface area contributed by atoms with Gasteiger partial charge in [-0.2, -0.15) is 0 Å². The largest absolute Gasteiger partial charge is 0.454 e. The molecule has 1 amide bonds. The first-order valence-electron chi connectivity index (χ1n) is 36.6. The summed E-state index contributed by atoms with van der Waals surface area (Å²) in [5.41, 5.74) is 0. The molecule has 1 heterocycles. The summed E-state index contributed by atoms with van der Waals surface area (Å²) < 4.78 is 17.7. The van der Waals surface area contributed by atoms with Crippen molar-refractivity contribution in [3.05, 3.63) is 146 Å². The van der Waals surface area contributed by atoms with Crippen LogP contribution in [0, 0.1) is 0 Å². The van der Waals surface area contributed by atoms with Crippen LogP contribution in [0.3, 0.4) is 0 Å². The summed E-state index contributed by atoms with van der Waals surface area (Å²) in [6, 6.07) is -1.04. The van der Waals surface area contributed by atoms with Crippen LogP contribution >= 0.6 is 0 Å². The Labute approximate surface area is 555 Å². The molecule has 0 aliphatic carbocycles. The number of esters is 1. The highest BCUT2D eigenvalue weighted by Gasteiger charge is 2.47. The predicted octanol–water partition coefficient (Wildman–Crippen LogP) is 19.3. The van der Waals surface area contributed by atoms with E-state index in [0.717, 1.165) is 161 Å². The van der Waals surface area contributed by atoms with Crippen LogP contribution in [0.2, 0.25) is 0 Å². The average Bonchev–Trinajstić information content (AvgIpc) is 1.14. The minimum absolute atomic E-state index is 0.105. The molecule has 0 aromatic rings. The summed E-state index contributed by atoms with van der Waals surface area (Å²) >= 11 is 0. The normalized spacial score (nSPS) is 18.9. The maximum absolute atomic E-state index is 13.5. The fourth-order valence-electron chi connectivity index (χ4n) is 10.6. The molecule has 1 rings (SSSR count). The van der Waals surface area contributed by atoms with Crippen molar-refractivity contribution in [1.82, 2.24) is 5.32 Å². The second-order valence-corrected chi connectivity index (χ2v) is 24.6. The van der Waals surface area contributed by atoms with Gasteiger partial charge < -0.3 is 45.1 Å². The molecule has 0 aromatic carbocycles. The molecule has 91 heavy (non-hydrogen) atoms. The number of amides is 1. The Hall–Kier alpha value is -4.46. The minimum Gasteiger partial charge on any atom is -0.454 e. The van der Waals surface area contributed by atoms with Crippen molar-refractivity contribution < 1.29 is 49.3 Å². The number of hydrogen-bond donors (Lipinski definition) is 6. The van der Waals surface area contributed by atoms with Gasteiger partial charge >= 0.3 is 5.97 Å². The molecule has 1 saturated heterocycles. The van der Waals surface area contributed by atoms with Crippen LogP contribution < -0.4 is 5.32 Å². The van der Waals surface area contributed by atoms with Crippen LogP contribution in [0.4, 0.5) is 0 Å². The van der Waals surface area contributed by atoms with E-state index in [-0.39, 0.29) is 19.4 Å². The number of unbranched alkanes of at least 4 members (excludes halogenated alkanes) is 25. The SMILES string of the molecule is CC/C=C\C/C=C\C/C=C\C/C=C\C/C=C\C/C=C\CCCCCCCCCCC(=O)OC1C(OCC(NC(=O)C(O)CCCCCCCCCC/C=C\C/C=C\C/C=C\C/C=C\C/C=C\CC)C(O)/C=C/CCCCCCCCCCC)OC(CO)C(O)C1O. The molecule has 0 bridgehead atoms. The third-order valence-electron chi connectivity index (χ3n) is 16.2. The standard InChI is InChI=1S/C80H133NO10/c1-4-7-10-13-16-19-22-24-26-28-30-32-34-36-37-38-40-42-44-46-48-50-53-56-59-62-65-68-75(85)91-78-77(87)76(86)74(69-82)90-80(78)89-70-71(72(83)66-63-60-57-54-51-21-18-15-12-9-6-3)81-79(88)73(84)67-64-61-58-55-52-49-47-45-43-41-39-35-33-31-29-27-25-23-20-17-14-11-8-5-2/h7-8,10-11,16-17,19-20,24-27,30-33,36-37,39-42,63,66,71-74,76-78,80,82-84,86-87H,4-6,9,12-15,18,21-23,28-29,34-35,38,43-62,64-65,67-70H2,1-3H3,(H,81,88)/b10-7-,11-8-,19-16-,20-17-,26-24-,27-25-,32-30-,33-31-,37-36-,41-39-,42-40-,66-63+. The molecule has 518 valence electrons. The second kappa shape index (κ2) is 65.6. The van der Waals surface area contributed by atoms with Gasteiger partial charge in [0.1, 0.15) is 24.4 Å². The molecule has 0 aromatic heterocycles. The third-order valence-corrected chi connectivity index (χ3v) is 16.2. The van der Waals surface area contributed by atoms with Crippen LogP contribution in [-0.4, -0.2) is 99.6 Å². The number of ether oxygens (including phenoxy) is 3. The lowest BCUT2D eigenvalue weighted by atomic mass is 9.99. The molecule has 8 atom stereocenters. The maximum atomic E-state index is 13.5. The van der Waals surface area contributed by atoms with Crippen molar-refractivity contribution in [3.63, 3.8) is 0 Å². The van der Waals surface area contributed by atoms with Gasteiger partial charge in [-0.15, -0.1) is 0 Å². The van der Waals surface area contributed by atoms with Gasteiger partial charge in [0.05, 0.1) is 25.4 Å². The first-order valence-corrected chi connectivity index (χ1v) is 36.6. The van der Waals surface area contributed by atoms with E-state index in [0.29, 0.717) is 12.8 Å². The van der Waals surface area contributed by atoms with E-state index < -0.39 is 67.4 Å². The maximum Gasteiger partial charge on any atom is 0.306 e. The zero-order chi connectivity index (χ0) is 66.0. The van der Waals surface area contributed by atoms with Gasteiger partial charge in [-0.05, 0) is 122 Å². The fourth-order valence-corrected chi connectivity index (χ4v) is 10.6. The number of aliphatic hydroxyl groups is 5. The molecule has 1 fully saturated rings. The molecular formula is C80H133NO10. The summed E-state index contributed by atoms with van der Waals surface area (Å²) in [7, 11) is 0. The molecule has 0 saturated carbocycles. The average molecular weight is 1270 g/mol. The monoisotopic (exact) mass is 1270 g/mol. The van der Waals surface area contributed by atoms with Crippen LogP contribution in [0.1, 0.15) is 284 Å². The fraction of sp³-hybridized carbons (Fsp3) is 0.675. The van der Waals surface area contributed by atoms with Gasteiger partial charge in [0, 0.05) is 6.42 Å². The summed E-state index contributed by atoms with van der Waals surface area (Å²) in [4.78, 5) is 26.7. The van der Waals surface area contributed by atoms with E-state index in [1.807, 2.05) is 6.08 Å². The summed E-state index contributed by atoms with van der Waals surface area (Å²) in [5, 5.41) is 57.3. The van der Waals surface area contributed by atoms with E-state index in [2.05, 4.69) is 160 Å². The van der Waals surface area contributed by atoms with Gasteiger partial charge in [0.25, 0.3) is 0 Å². The first kappa shape index (κ1) is 84.6. The lowest BCUT2D eigenvalue weighted by molar-refractivity contribution is -0.305.